The molecule has 0 bridgehead atoms. The largest absolute Gasteiger partial charge is 0.454 e. The minimum Gasteiger partial charge on any atom is -0.454 e. The summed E-state index contributed by atoms with van der Waals surface area (Å²) in [7, 11) is 0. The molecule has 3 N–H and O–H groups in total. The molecule has 0 saturated carbocycles. The van der Waals surface area contributed by atoms with E-state index in [9.17, 15) is 9.59 Å². The number of hydrogen-bond acceptors (Lipinski definition) is 7. The second-order valence-corrected chi connectivity index (χ2v) is 9.37. The van der Waals surface area contributed by atoms with Gasteiger partial charge in [-0.2, -0.15) is 0 Å². The van der Waals surface area contributed by atoms with Crippen molar-refractivity contribution in [3.8, 4) is 11.3 Å². The van der Waals surface area contributed by atoms with Crippen LogP contribution in [0.25, 0.3) is 11.3 Å². The molecule has 2 aromatic heterocycles. The number of benzene rings is 2. The molecule has 0 spiro atoms. The van der Waals surface area contributed by atoms with E-state index >= 15 is 0 Å². The molecule has 0 aliphatic carbocycles. The number of nitrogens with zero attached hydrogens (tertiary/aromatic N) is 3. The molecule has 3 heterocycles. The van der Waals surface area contributed by atoms with Gasteiger partial charge < -0.3 is 20.4 Å². The number of aromatic nitrogens is 2. The van der Waals surface area contributed by atoms with Crippen molar-refractivity contribution in [2.24, 2.45) is 5.73 Å². The van der Waals surface area contributed by atoms with E-state index in [1.54, 1.807) is 24.0 Å². The summed E-state index contributed by atoms with van der Waals surface area (Å²) in [5, 5.41) is 7.72. The molecule has 35 heavy (non-hydrogen) atoms. The van der Waals surface area contributed by atoms with Crippen LogP contribution in [-0.4, -0.2) is 38.9 Å². The maximum atomic E-state index is 13.5. The topological polar surface area (TPSA) is 114 Å². The third kappa shape index (κ3) is 4.73. The number of likely N-dealkylation sites (tertiary alicyclic amines) is 1. The molecule has 1 fully saturated rings. The average molecular weight is 488 g/mol. The quantitative estimate of drug-likeness (QED) is 0.415. The highest BCUT2D eigenvalue weighted by Crippen LogP contribution is 2.35. The SMILES string of the molecule is CC(N)c1ccc(C(=O)N2CC(c3ccccc3)CC2C(=O)Nc2snnc2-c2ccccc2)o1. The van der Waals surface area contributed by atoms with Crippen molar-refractivity contribution in [1.82, 2.24) is 14.5 Å². The first-order valence-electron chi connectivity index (χ1n) is 11.4. The summed E-state index contributed by atoms with van der Waals surface area (Å²) in [6, 6.07) is 21.8. The summed E-state index contributed by atoms with van der Waals surface area (Å²) in [6.45, 7) is 2.19. The van der Waals surface area contributed by atoms with Crippen molar-refractivity contribution < 1.29 is 14.0 Å². The molecular formula is C26H25N5O3S. The summed E-state index contributed by atoms with van der Waals surface area (Å²) < 4.78 is 9.74. The third-order valence-corrected chi connectivity index (χ3v) is 6.84. The Balaban J connectivity index is 1.42. The maximum Gasteiger partial charge on any atom is 0.290 e. The van der Waals surface area contributed by atoms with Gasteiger partial charge in [0, 0.05) is 29.6 Å². The smallest absolute Gasteiger partial charge is 0.290 e. The van der Waals surface area contributed by atoms with E-state index in [1.807, 2.05) is 60.7 Å². The molecule has 2 amide bonds. The molecule has 3 unspecified atom stereocenters. The molecular weight excluding hydrogens is 462 g/mol. The number of rotatable bonds is 6. The first kappa shape index (κ1) is 22.9. The van der Waals surface area contributed by atoms with Crippen LogP contribution < -0.4 is 11.1 Å². The highest BCUT2D eigenvalue weighted by atomic mass is 32.1. The Bertz CT molecular complexity index is 1320. The van der Waals surface area contributed by atoms with Crippen LogP contribution in [0.1, 0.15) is 47.2 Å². The van der Waals surface area contributed by atoms with Crippen LogP contribution in [0.2, 0.25) is 0 Å². The lowest BCUT2D eigenvalue weighted by Gasteiger charge is -2.22. The molecule has 1 aliphatic heterocycles. The van der Waals surface area contributed by atoms with Gasteiger partial charge in [-0.3, -0.25) is 9.59 Å². The van der Waals surface area contributed by atoms with Crippen LogP contribution in [0.15, 0.2) is 77.2 Å². The fourth-order valence-electron chi connectivity index (χ4n) is 4.38. The molecule has 0 radical (unpaired) electrons. The van der Waals surface area contributed by atoms with Gasteiger partial charge in [0.15, 0.2) is 5.76 Å². The minimum atomic E-state index is -0.678. The summed E-state index contributed by atoms with van der Waals surface area (Å²) in [4.78, 5) is 28.6. The van der Waals surface area contributed by atoms with E-state index in [2.05, 4.69) is 14.9 Å². The number of nitrogens with two attached hydrogens (primary N) is 1. The maximum absolute atomic E-state index is 13.5. The second kappa shape index (κ2) is 9.81. The Morgan fingerprint density at radius 3 is 2.49 bits per heavy atom. The van der Waals surface area contributed by atoms with Gasteiger partial charge in [-0.05, 0) is 31.0 Å². The summed E-state index contributed by atoms with van der Waals surface area (Å²) in [6.07, 6.45) is 0.495. The number of carbonyl (C=O) groups is 2. The van der Waals surface area contributed by atoms with Gasteiger partial charge in [0.2, 0.25) is 5.91 Å². The molecule has 2 aromatic carbocycles. The van der Waals surface area contributed by atoms with Gasteiger partial charge in [0.25, 0.3) is 5.91 Å². The molecule has 8 nitrogen and oxygen atoms in total. The molecule has 1 saturated heterocycles. The fourth-order valence-corrected chi connectivity index (χ4v) is 4.98. The van der Waals surface area contributed by atoms with Crippen LogP contribution in [-0.2, 0) is 4.79 Å². The number of carbonyl (C=O) groups excluding carboxylic acids is 2. The number of anilines is 1. The second-order valence-electron chi connectivity index (χ2n) is 8.61. The first-order valence-corrected chi connectivity index (χ1v) is 12.2. The van der Waals surface area contributed by atoms with Crippen LogP contribution in [0.3, 0.4) is 0 Å². The normalized spacial score (nSPS) is 18.4. The summed E-state index contributed by atoms with van der Waals surface area (Å²) >= 11 is 1.11. The minimum absolute atomic E-state index is 0.0203. The number of amides is 2. The Morgan fingerprint density at radius 1 is 1.09 bits per heavy atom. The molecule has 178 valence electrons. The van der Waals surface area contributed by atoms with Crippen LogP contribution in [0, 0.1) is 0 Å². The van der Waals surface area contributed by atoms with Gasteiger partial charge in [0.05, 0.1) is 6.04 Å². The number of furan rings is 1. The molecule has 5 rings (SSSR count). The Morgan fingerprint density at radius 2 is 1.80 bits per heavy atom. The number of hydrogen-bond donors (Lipinski definition) is 2. The van der Waals surface area contributed by atoms with Crippen LogP contribution >= 0.6 is 11.5 Å². The lowest BCUT2D eigenvalue weighted by Crippen LogP contribution is -2.43. The highest BCUT2D eigenvalue weighted by Gasteiger charge is 2.41. The van der Waals surface area contributed by atoms with Gasteiger partial charge >= 0.3 is 0 Å². The van der Waals surface area contributed by atoms with Crippen molar-refractivity contribution in [2.75, 3.05) is 11.9 Å². The van der Waals surface area contributed by atoms with E-state index in [1.165, 1.54) is 0 Å². The fraction of sp³-hybridized carbons (Fsp3) is 0.231. The lowest BCUT2D eigenvalue weighted by molar-refractivity contribution is -0.119. The zero-order valence-electron chi connectivity index (χ0n) is 19.1. The zero-order chi connectivity index (χ0) is 24.4. The number of nitrogens with one attached hydrogen (secondary N) is 1. The molecule has 1 aliphatic rings. The van der Waals surface area contributed by atoms with Gasteiger partial charge in [-0.25, -0.2) is 0 Å². The van der Waals surface area contributed by atoms with E-state index in [0.29, 0.717) is 29.4 Å². The van der Waals surface area contributed by atoms with Crippen molar-refractivity contribution in [2.45, 2.75) is 31.3 Å². The Kier molecular flexibility index (Phi) is 6.43. The predicted octanol–water partition coefficient (Wildman–Crippen LogP) is 4.45. The third-order valence-electron chi connectivity index (χ3n) is 6.19. The molecule has 9 heteroatoms. The van der Waals surface area contributed by atoms with Crippen molar-refractivity contribution >= 4 is 28.3 Å². The summed E-state index contributed by atoms with van der Waals surface area (Å²) in [5.41, 5.74) is 8.44. The Labute approximate surface area is 206 Å². The predicted molar refractivity (Wildman–Crippen MR) is 134 cm³/mol. The van der Waals surface area contributed by atoms with Crippen LogP contribution in [0.4, 0.5) is 5.00 Å². The van der Waals surface area contributed by atoms with Crippen molar-refractivity contribution in [1.29, 1.82) is 0 Å². The standard InChI is InChI=1S/C26H25N5O3S/c1-16(27)21-12-13-22(34-21)26(33)31-15-19(17-8-4-2-5-9-17)14-20(31)24(32)28-25-23(29-30-35-25)18-10-6-3-7-11-18/h2-13,16,19-20H,14-15,27H2,1H3,(H,28,32). The first-order chi connectivity index (χ1) is 17.0. The molecule has 4 aromatic rings. The van der Waals surface area contributed by atoms with Crippen molar-refractivity contribution in [3.63, 3.8) is 0 Å². The Hall–Kier alpha value is -3.82. The lowest BCUT2D eigenvalue weighted by atomic mass is 9.96. The van der Waals surface area contributed by atoms with Crippen LogP contribution in [0.5, 0.6) is 0 Å². The van der Waals surface area contributed by atoms with E-state index in [4.69, 9.17) is 10.2 Å². The van der Waals surface area contributed by atoms with E-state index in [-0.39, 0.29) is 29.5 Å². The van der Waals surface area contributed by atoms with Gasteiger partial charge in [-0.15, -0.1) is 5.10 Å². The monoisotopic (exact) mass is 487 g/mol. The highest BCUT2D eigenvalue weighted by molar-refractivity contribution is 7.10. The van der Waals surface area contributed by atoms with Gasteiger partial charge in [0.1, 0.15) is 22.5 Å². The van der Waals surface area contributed by atoms with Gasteiger partial charge in [-0.1, -0.05) is 65.2 Å². The van der Waals surface area contributed by atoms with Crippen molar-refractivity contribution in [3.05, 3.63) is 89.9 Å². The zero-order valence-corrected chi connectivity index (χ0v) is 19.9. The molecule has 3 atom stereocenters. The summed E-state index contributed by atoms with van der Waals surface area (Å²) in [5.74, 6) is 0.108. The van der Waals surface area contributed by atoms with E-state index in [0.717, 1.165) is 22.7 Å². The van der Waals surface area contributed by atoms with E-state index < -0.39 is 6.04 Å². The average Bonchev–Trinajstić information content (AvgIpc) is 3.64.